The van der Waals surface area contributed by atoms with Crippen molar-refractivity contribution in [3.05, 3.63) is 65.0 Å². The highest BCUT2D eigenvalue weighted by Crippen LogP contribution is 2.29. The Morgan fingerprint density at radius 2 is 1.76 bits per heavy atom. The van der Waals surface area contributed by atoms with Crippen LogP contribution in [0.3, 0.4) is 0 Å². The molecule has 124 valence electrons. The summed E-state index contributed by atoms with van der Waals surface area (Å²) in [7, 11) is 0. The van der Waals surface area contributed by atoms with Crippen LogP contribution in [0.4, 0.5) is 10.1 Å². The number of hydrogen-bond acceptors (Lipinski definition) is 5. The molecule has 25 heavy (non-hydrogen) atoms. The van der Waals surface area contributed by atoms with Gasteiger partial charge in [0, 0.05) is 0 Å². The number of carbonyl (C=O) groups excluding carboxylic acids is 3. The Balaban J connectivity index is 1.94. The number of nitrogens with zero attached hydrogens (tertiary/aromatic N) is 2. The number of rotatable bonds is 3. The molecule has 1 heterocycles. The first kappa shape index (κ1) is 16.3. The Morgan fingerprint density at radius 3 is 2.40 bits per heavy atom. The average Bonchev–Trinajstić information content (AvgIpc) is 2.86. The monoisotopic (exact) mass is 338 g/mol. The molecule has 0 aromatic heterocycles. The van der Waals surface area contributed by atoms with Gasteiger partial charge >= 0.3 is 5.97 Å². The second kappa shape index (κ2) is 6.17. The van der Waals surface area contributed by atoms with E-state index in [1.54, 1.807) is 6.07 Å². The van der Waals surface area contributed by atoms with Crippen LogP contribution in [-0.2, 0) is 4.74 Å². The second-order valence-corrected chi connectivity index (χ2v) is 5.36. The van der Waals surface area contributed by atoms with Crippen molar-refractivity contribution < 1.29 is 23.5 Å². The van der Waals surface area contributed by atoms with Gasteiger partial charge in [0.05, 0.1) is 22.4 Å². The van der Waals surface area contributed by atoms with Crippen LogP contribution in [-0.4, -0.2) is 23.9 Å². The summed E-state index contributed by atoms with van der Waals surface area (Å²) in [6.07, 6.45) is -0.936. The molecule has 0 aliphatic carbocycles. The predicted octanol–water partition coefficient (Wildman–Crippen LogP) is 2.70. The Morgan fingerprint density at radius 1 is 1.12 bits per heavy atom. The van der Waals surface area contributed by atoms with Gasteiger partial charge in [-0.3, -0.25) is 9.59 Å². The summed E-state index contributed by atoms with van der Waals surface area (Å²) in [5.41, 5.74) is 0.477. The molecule has 0 saturated carbocycles. The number of halogens is 1. The lowest BCUT2D eigenvalue weighted by Crippen LogP contribution is -2.29. The largest absolute Gasteiger partial charge is 0.444 e. The van der Waals surface area contributed by atoms with Crippen LogP contribution in [0.5, 0.6) is 0 Å². The Labute approximate surface area is 142 Å². The number of ether oxygens (including phenoxy) is 1. The lowest BCUT2D eigenvalue weighted by molar-refractivity contribution is 0.0435. The molecular formula is C18H11FN2O4. The van der Waals surface area contributed by atoms with E-state index in [4.69, 9.17) is 10.00 Å². The molecule has 7 heteroatoms. The van der Waals surface area contributed by atoms with Gasteiger partial charge in [-0.1, -0.05) is 0 Å². The van der Waals surface area contributed by atoms with Crippen molar-refractivity contribution in [3.8, 4) is 6.07 Å². The summed E-state index contributed by atoms with van der Waals surface area (Å²) in [4.78, 5) is 37.9. The third kappa shape index (κ3) is 2.85. The third-order valence-electron chi connectivity index (χ3n) is 3.67. The van der Waals surface area contributed by atoms with Gasteiger partial charge in [0.1, 0.15) is 11.9 Å². The maximum absolute atomic E-state index is 13.0. The predicted molar refractivity (Wildman–Crippen MR) is 84.5 cm³/mol. The normalized spacial score (nSPS) is 14.0. The summed E-state index contributed by atoms with van der Waals surface area (Å²) in [6.45, 7) is 1.41. The Bertz CT molecular complexity index is 931. The highest BCUT2D eigenvalue weighted by Gasteiger charge is 2.37. The van der Waals surface area contributed by atoms with Gasteiger partial charge in [-0.2, -0.15) is 5.26 Å². The summed E-state index contributed by atoms with van der Waals surface area (Å²) < 4.78 is 17.9. The molecule has 0 fully saturated rings. The lowest BCUT2D eigenvalue weighted by atomic mass is 10.1. The van der Waals surface area contributed by atoms with E-state index in [2.05, 4.69) is 0 Å². The number of nitriles is 1. The van der Waals surface area contributed by atoms with Crippen molar-refractivity contribution in [2.24, 2.45) is 0 Å². The highest BCUT2D eigenvalue weighted by atomic mass is 19.1. The van der Waals surface area contributed by atoms with E-state index in [1.165, 1.54) is 37.3 Å². The minimum absolute atomic E-state index is 0.0494. The van der Waals surface area contributed by atoms with Crippen molar-refractivity contribution >= 4 is 23.5 Å². The fourth-order valence-corrected chi connectivity index (χ4v) is 2.45. The van der Waals surface area contributed by atoms with Crippen molar-refractivity contribution in [3.63, 3.8) is 0 Å². The first-order chi connectivity index (χ1) is 11.9. The smallest absolute Gasteiger partial charge is 0.339 e. The van der Waals surface area contributed by atoms with Crippen molar-refractivity contribution in [1.82, 2.24) is 0 Å². The topological polar surface area (TPSA) is 87.5 Å². The number of fused-ring (bicyclic) bond motifs is 1. The first-order valence-electron chi connectivity index (χ1n) is 7.31. The van der Waals surface area contributed by atoms with Crippen LogP contribution in [0.15, 0.2) is 42.5 Å². The molecule has 0 bridgehead atoms. The highest BCUT2D eigenvalue weighted by molar-refractivity contribution is 6.34. The van der Waals surface area contributed by atoms with Gasteiger partial charge in [0.25, 0.3) is 11.8 Å². The maximum atomic E-state index is 13.0. The first-order valence-corrected chi connectivity index (χ1v) is 7.31. The number of anilines is 1. The number of hydrogen-bond donors (Lipinski definition) is 0. The Kier molecular flexibility index (Phi) is 4.03. The molecule has 0 saturated heterocycles. The Hall–Kier alpha value is -3.53. The molecule has 1 aliphatic heterocycles. The van der Waals surface area contributed by atoms with E-state index in [0.29, 0.717) is 0 Å². The molecule has 1 atom stereocenters. The van der Waals surface area contributed by atoms with Crippen LogP contribution >= 0.6 is 0 Å². The minimum atomic E-state index is -0.936. The summed E-state index contributed by atoms with van der Waals surface area (Å²) in [5.74, 6) is -2.43. The number of benzene rings is 2. The molecule has 2 aromatic rings. The van der Waals surface area contributed by atoms with E-state index in [1.807, 2.05) is 0 Å². The molecule has 2 aromatic carbocycles. The SMILES string of the molecule is C[C@H](C#N)OC(=O)c1ccc2c(c1)C(=O)N(c1ccc(F)cc1)C2=O. The molecule has 0 unspecified atom stereocenters. The summed E-state index contributed by atoms with van der Waals surface area (Å²) >= 11 is 0. The van der Waals surface area contributed by atoms with Crippen molar-refractivity contribution in [1.29, 1.82) is 5.26 Å². The summed E-state index contributed by atoms with van der Waals surface area (Å²) in [5, 5.41) is 8.68. The van der Waals surface area contributed by atoms with Gasteiger partial charge in [0.2, 0.25) is 0 Å². The molecule has 0 N–H and O–H groups in total. The fourth-order valence-electron chi connectivity index (χ4n) is 2.45. The zero-order valence-corrected chi connectivity index (χ0v) is 13.0. The van der Waals surface area contributed by atoms with E-state index >= 15 is 0 Å². The zero-order chi connectivity index (χ0) is 18.1. The van der Waals surface area contributed by atoms with Crippen molar-refractivity contribution in [2.75, 3.05) is 4.90 Å². The quantitative estimate of drug-likeness (QED) is 0.634. The minimum Gasteiger partial charge on any atom is -0.444 e. The van der Waals surface area contributed by atoms with Gasteiger partial charge in [-0.25, -0.2) is 14.1 Å². The van der Waals surface area contributed by atoms with Crippen LogP contribution in [0, 0.1) is 17.1 Å². The van der Waals surface area contributed by atoms with E-state index in [9.17, 15) is 18.8 Å². The fraction of sp³-hybridized carbons (Fsp3) is 0.111. The maximum Gasteiger partial charge on any atom is 0.339 e. The molecule has 6 nitrogen and oxygen atoms in total. The molecule has 2 amide bonds. The van der Waals surface area contributed by atoms with Gasteiger partial charge in [-0.15, -0.1) is 0 Å². The summed E-state index contributed by atoms with van der Waals surface area (Å²) in [6, 6.07) is 10.7. The third-order valence-corrected chi connectivity index (χ3v) is 3.67. The van der Waals surface area contributed by atoms with Gasteiger partial charge in [0.15, 0.2) is 6.10 Å². The zero-order valence-electron chi connectivity index (χ0n) is 13.0. The molecule has 0 spiro atoms. The van der Waals surface area contributed by atoms with Crippen LogP contribution in [0.25, 0.3) is 0 Å². The number of esters is 1. The molecule has 3 rings (SSSR count). The number of imide groups is 1. The standard InChI is InChI=1S/C18H11FN2O4/c1-10(9-20)25-18(24)11-2-7-14-15(8-11)17(23)21(16(14)22)13-5-3-12(19)4-6-13/h2-8,10H,1H3/t10-/m1/s1. The van der Waals surface area contributed by atoms with Gasteiger partial charge < -0.3 is 4.74 Å². The van der Waals surface area contributed by atoms with Crippen LogP contribution in [0.1, 0.15) is 38.0 Å². The number of amides is 2. The molecule has 0 radical (unpaired) electrons. The second-order valence-electron chi connectivity index (χ2n) is 5.36. The van der Waals surface area contributed by atoms with Gasteiger partial charge in [-0.05, 0) is 49.4 Å². The molecular weight excluding hydrogens is 327 g/mol. The van der Waals surface area contributed by atoms with Crippen LogP contribution in [0.2, 0.25) is 0 Å². The van der Waals surface area contributed by atoms with Crippen molar-refractivity contribution in [2.45, 2.75) is 13.0 Å². The van der Waals surface area contributed by atoms with E-state index in [0.717, 1.165) is 17.0 Å². The lowest BCUT2D eigenvalue weighted by Gasteiger charge is -2.13. The van der Waals surface area contributed by atoms with Crippen LogP contribution < -0.4 is 4.90 Å². The average molecular weight is 338 g/mol. The number of carbonyl (C=O) groups is 3. The van der Waals surface area contributed by atoms with E-state index < -0.39 is 29.7 Å². The van der Waals surface area contributed by atoms with E-state index in [-0.39, 0.29) is 22.4 Å². The molecule has 1 aliphatic rings.